The van der Waals surface area contributed by atoms with Gasteiger partial charge in [-0.2, -0.15) is 10.5 Å². The molecule has 5 nitrogen and oxygen atoms in total. The van der Waals surface area contributed by atoms with E-state index < -0.39 is 11.5 Å². The molecule has 2 heterocycles. The number of halogens is 4. The molecule has 158 valence electrons. The van der Waals surface area contributed by atoms with Gasteiger partial charge in [0.2, 0.25) is 0 Å². The minimum absolute atomic E-state index is 0.0346. The van der Waals surface area contributed by atoms with Crippen LogP contribution in [-0.2, 0) is 0 Å². The third-order valence-corrected chi connectivity index (χ3v) is 7.49. The maximum atomic E-state index is 13.1. The lowest BCUT2D eigenvalue weighted by atomic mass is 9.84. The van der Waals surface area contributed by atoms with Crippen molar-refractivity contribution in [3.63, 3.8) is 0 Å². The van der Waals surface area contributed by atoms with E-state index in [1.165, 1.54) is 4.57 Å². The Kier molecular flexibility index (Phi) is 6.09. The van der Waals surface area contributed by atoms with Crippen molar-refractivity contribution in [2.75, 3.05) is 0 Å². The van der Waals surface area contributed by atoms with Gasteiger partial charge in [-0.05, 0) is 41.5 Å². The Morgan fingerprint density at radius 3 is 2.16 bits per heavy atom. The van der Waals surface area contributed by atoms with E-state index in [2.05, 4.69) is 12.1 Å². The highest BCUT2D eigenvalue weighted by molar-refractivity contribution is 7.07. The molecule has 0 unspecified atom stereocenters. The second-order valence-corrected chi connectivity index (χ2v) is 9.43. The van der Waals surface area contributed by atoms with Crippen molar-refractivity contribution in [1.29, 1.82) is 10.5 Å². The highest BCUT2D eigenvalue weighted by Gasteiger charge is 2.32. The van der Waals surface area contributed by atoms with Crippen LogP contribution in [0.15, 0.2) is 46.8 Å². The van der Waals surface area contributed by atoms with Crippen LogP contribution in [0.25, 0.3) is 17.5 Å². The van der Waals surface area contributed by atoms with Crippen LogP contribution >= 0.6 is 57.7 Å². The lowest BCUT2D eigenvalue weighted by Crippen LogP contribution is -2.38. The molecule has 3 aromatic rings. The summed E-state index contributed by atoms with van der Waals surface area (Å²) in [6, 6.07) is 14.0. The molecular weight excluding hydrogens is 510 g/mol. The van der Waals surface area contributed by atoms with Crippen LogP contribution in [0.1, 0.15) is 17.0 Å². The fraction of sp³-hybridized carbons (Fsp3) is 0.0455. The smallest absolute Gasteiger partial charge is 0.274 e. The number of hydrogen-bond acceptors (Lipinski definition) is 5. The van der Waals surface area contributed by atoms with Crippen LogP contribution in [-0.4, -0.2) is 4.57 Å². The Labute approximate surface area is 206 Å². The SMILES string of the molecule is N#CC1=C(N)n2c(sc(=Cc3ccc(Cl)c(Cl)c3)c2=O)=C(C#N)[C@H]1c1ccc(Cl)c(Cl)c1. The summed E-state index contributed by atoms with van der Waals surface area (Å²) in [5, 5.41) is 21.2. The summed E-state index contributed by atoms with van der Waals surface area (Å²) >= 11 is 25.3. The number of allylic oxidation sites excluding steroid dienone is 1. The number of nitrogens with zero attached hydrogens (tertiary/aromatic N) is 3. The number of aromatic nitrogens is 1. The summed E-state index contributed by atoms with van der Waals surface area (Å²) in [5.74, 6) is -0.816. The van der Waals surface area contributed by atoms with Gasteiger partial charge in [-0.3, -0.25) is 9.36 Å². The van der Waals surface area contributed by atoms with Crippen molar-refractivity contribution >= 4 is 75.2 Å². The van der Waals surface area contributed by atoms with Crippen molar-refractivity contribution in [3.8, 4) is 12.1 Å². The molecule has 0 saturated carbocycles. The van der Waals surface area contributed by atoms with Crippen LogP contribution in [0.4, 0.5) is 0 Å². The van der Waals surface area contributed by atoms with Crippen molar-refractivity contribution < 1.29 is 0 Å². The van der Waals surface area contributed by atoms with Crippen molar-refractivity contribution in [1.82, 2.24) is 4.57 Å². The maximum Gasteiger partial charge on any atom is 0.274 e. The van der Waals surface area contributed by atoms with Crippen molar-refractivity contribution in [3.05, 3.63) is 92.7 Å². The van der Waals surface area contributed by atoms with Gasteiger partial charge in [0.1, 0.15) is 10.5 Å². The summed E-state index contributed by atoms with van der Waals surface area (Å²) in [6.07, 6.45) is 1.63. The minimum atomic E-state index is -0.782. The molecule has 1 aliphatic rings. The highest BCUT2D eigenvalue weighted by atomic mass is 35.5. The van der Waals surface area contributed by atoms with Gasteiger partial charge in [0.25, 0.3) is 5.56 Å². The van der Waals surface area contributed by atoms with E-state index in [-0.39, 0.29) is 22.0 Å². The highest BCUT2D eigenvalue weighted by Crippen LogP contribution is 2.37. The average molecular weight is 520 g/mol. The first-order valence-electron chi connectivity index (χ1n) is 8.94. The molecule has 1 aliphatic heterocycles. The molecular formula is C22H10Cl4N4OS. The molecule has 1 aromatic heterocycles. The lowest BCUT2D eigenvalue weighted by molar-refractivity contribution is 0.906. The molecule has 1 atom stereocenters. The first kappa shape index (κ1) is 22.5. The van der Waals surface area contributed by atoms with Gasteiger partial charge < -0.3 is 5.73 Å². The summed E-state index contributed by atoms with van der Waals surface area (Å²) in [6.45, 7) is 0. The predicted octanol–water partition coefficient (Wildman–Crippen LogP) is 4.47. The van der Waals surface area contributed by atoms with Gasteiger partial charge >= 0.3 is 0 Å². The number of fused-ring (bicyclic) bond motifs is 1. The van der Waals surface area contributed by atoms with E-state index >= 15 is 0 Å². The van der Waals surface area contributed by atoms with E-state index in [9.17, 15) is 15.3 Å². The van der Waals surface area contributed by atoms with Gasteiger partial charge in [-0.15, -0.1) is 11.3 Å². The summed E-state index contributed by atoms with van der Waals surface area (Å²) in [5.41, 5.74) is 7.32. The molecule has 10 heteroatoms. The Balaban J connectivity index is 2.04. The Hall–Kier alpha value is -2.71. The third-order valence-electron chi connectivity index (χ3n) is 4.91. The molecule has 0 bridgehead atoms. The van der Waals surface area contributed by atoms with Crippen LogP contribution < -0.4 is 20.5 Å². The molecule has 0 fully saturated rings. The number of nitriles is 2. The molecule has 0 saturated heterocycles. The zero-order chi connectivity index (χ0) is 23.2. The van der Waals surface area contributed by atoms with Gasteiger partial charge in [0.05, 0.1) is 53.8 Å². The first-order chi connectivity index (χ1) is 15.3. The summed E-state index contributed by atoms with van der Waals surface area (Å²) < 4.78 is 1.86. The van der Waals surface area contributed by atoms with Gasteiger partial charge in [0, 0.05) is 0 Å². The zero-order valence-electron chi connectivity index (χ0n) is 15.9. The average Bonchev–Trinajstić information content (AvgIpc) is 3.08. The molecule has 0 spiro atoms. The third kappa shape index (κ3) is 3.71. The minimum Gasteiger partial charge on any atom is -0.384 e. The second-order valence-electron chi connectivity index (χ2n) is 6.77. The van der Waals surface area contributed by atoms with E-state index in [1.807, 2.05) is 0 Å². The molecule has 4 rings (SSSR count). The molecule has 0 aliphatic carbocycles. The Morgan fingerprint density at radius 2 is 1.56 bits per heavy atom. The van der Waals surface area contributed by atoms with Crippen molar-refractivity contribution in [2.45, 2.75) is 5.92 Å². The number of hydrogen-bond donors (Lipinski definition) is 1. The molecule has 2 aromatic carbocycles. The number of thiazole rings is 1. The standard InChI is InChI=1S/C22H10Cl4N4OS/c23-14-3-1-10(5-16(14)25)6-18-21(31)30-20(29)12(8-27)19(13(9-28)22(30)32-18)11-2-4-15(24)17(26)7-11/h1-7,19H,29H2/t19-/m0/s1. The zero-order valence-corrected chi connectivity index (χ0v) is 19.7. The van der Waals surface area contributed by atoms with E-state index in [1.54, 1.807) is 42.5 Å². The molecule has 0 radical (unpaired) electrons. The predicted molar refractivity (Wildman–Crippen MR) is 129 cm³/mol. The topological polar surface area (TPSA) is 95.6 Å². The van der Waals surface area contributed by atoms with Crippen LogP contribution in [0, 0.1) is 22.7 Å². The van der Waals surface area contributed by atoms with Crippen LogP contribution in [0.2, 0.25) is 20.1 Å². The summed E-state index contributed by atoms with van der Waals surface area (Å²) in [7, 11) is 0. The quantitative estimate of drug-likeness (QED) is 0.540. The first-order valence-corrected chi connectivity index (χ1v) is 11.3. The van der Waals surface area contributed by atoms with Crippen LogP contribution in [0.5, 0.6) is 0 Å². The van der Waals surface area contributed by atoms with Crippen LogP contribution in [0.3, 0.4) is 0 Å². The number of benzene rings is 2. The Morgan fingerprint density at radius 1 is 0.938 bits per heavy atom. The largest absolute Gasteiger partial charge is 0.384 e. The van der Waals surface area contributed by atoms with E-state index in [0.717, 1.165) is 11.3 Å². The Bertz CT molecular complexity index is 1590. The number of nitrogens with two attached hydrogens (primary N) is 1. The molecule has 32 heavy (non-hydrogen) atoms. The lowest BCUT2D eigenvalue weighted by Gasteiger charge is -2.22. The summed E-state index contributed by atoms with van der Waals surface area (Å²) in [4.78, 5) is 13.1. The monoisotopic (exact) mass is 518 g/mol. The van der Waals surface area contributed by atoms with Crippen molar-refractivity contribution in [2.24, 2.45) is 5.73 Å². The molecule has 0 amide bonds. The second kappa shape index (κ2) is 8.67. The van der Waals surface area contributed by atoms with Gasteiger partial charge in [0.15, 0.2) is 0 Å². The van der Waals surface area contributed by atoms with Gasteiger partial charge in [-0.25, -0.2) is 0 Å². The fourth-order valence-electron chi connectivity index (χ4n) is 3.43. The fourth-order valence-corrected chi connectivity index (χ4v) is 5.17. The van der Waals surface area contributed by atoms with E-state index in [4.69, 9.17) is 52.1 Å². The normalized spacial score (nSPS) is 16.0. The van der Waals surface area contributed by atoms with E-state index in [0.29, 0.717) is 35.4 Å². The number of rotatable bonds is 2. The van der Waals surface area contributed by atoms with Gasteiger partial charge in [-0.1, -0.05) is 58.5 Å². The maximum absolute atomic E-state index is 13.1. The molecule has 2 N–H and O–H groups in total.